The molecule has 23 heavy (non-hydrogen) atoms. The zero-order chi connectivity index (χ0) is 17.4. The first-order valence-electron chi connectivity index (χ1n) is 7.29. The van der Waals surface area contributed by atoms with E-state index in [2.05, 4.69) is 5.32 Å². The Labute approximate surface area is 135 Å². The standard InChI is InChI=1S/C16H22N2O5/c1-4-10(2)14(16(21)22-3)18-13(19)9-23-12-8-6-5-7-11(12)15(17)20/h5-8,10,14H,4,9H2,1-3H3,(H2,17,20)(H,18,19)/t10-,14-/m1/s1. The molecule has 0 aliphatic rings. The highest BCUT2D eigenvalue weighted by Crippen LogP contribution is 2.17. The van der Waals surface area contributed by atoms with E-state index >= 15 is 0 Å². The molecule has 1 aromatic carbocycles. The van der Waals surface area contributed by atoms with E-state index in [1.165, 1.54) is 13.2 Å². The van der Waals surface area contributed by atoms with Crippen molar-refractivity contribution in [2.45, 2.75) is 26.3 Å². The van der Waals surface area contributed by atoms with Gasteiger partial charge in [0.1, 0.15) is 11.8 Å². The van der Waals surface area contributed by atoms with Crippen molar-refractivity contribution in [3.05, 3.63) is 29.8 Å². The van der Waals surface area contributed by atoms with Gasteiger partial charge in [0.15, 0.2) is 6.61 Å². The van der Waals surface area contributed by atoms with Crippen LogP contribution in [-0.4, -0.2) is 37.5 Å². The Kier molecular flexibility index (Phi) is 7.05. The highest BCUT2D eigenvalue weighted by molar-refractivity contribution is 5.95. The molecule has 3 N–H and O–H groups in total. The van der Waals surface area contributed by atoms with E-state index in [4.69, 9.17) is 15.2 Å². The van der Waals surface area contributed by atoms with E-state index < -0.39 is 23.8 Å². The first kappa shape index (κ1) is 18.5. The first-order chi connectivity index (χ1) is 10.9. The maximum absolute atomic E-state index is 12.0. The second-order valence-electron chi connectivity index (χ2n) is 5.10. The van der Waals surface area contributed by atoms with E-state index in [0.29, 0.717) is 6.42 Å². The van der Waals surface area contributed by atoms with Crippen LogP contribution in [0.4, 0.5) is 0 Å². The number of hydrogen-bond donors (Lipinski definition) is 2. The molecule has 2 amide bonds. The fourth-order valence-electron chi connectivity index (χ4n) is 1.95. The Hall–Kier alpha value is -2.57. The molecule has 7 heteroatoms. The fraction of sp³-hybridized carbons (Fsp3) is 0.438. The average molecular weight is 322 g/mol. The number of carbonyl (C=O) groups excluding carboxylic acids is 3. The van der Waals surface area contributed by atoms with Gasteiger partial charge in [-0.3, -0.25) is 9.59 Å². The van der Waals surface area contributed by atoms with Crippen molar-refractivity contribution in [2.75, 3.05) is 13.7 Å². The third-order valence-electron chi connectivity index (χ3n) is 3.50. The van der Waals surface area contributed by atoms with Crippen LogP contribution in [0, 0.1) is 5.92 Å². The van der Waals surface area contributed by atoms with Crippen LogP contribution in [0.3, 0.4) is 0 Å². The molecule has 0 heterocycles. The van der Waals surface area contributed by atoms with Gasteiger partial charge in [0.05, 0.1) is 12.7 Å². The number of nitrogens with one attached hydrogen (secondary N) is 1. The summed E-state index contributed by atoms with van der Waals surface area (Å²) in [5.74, 6) is -1.50. The number of para-hydroxylation sites is 1. The quantitative estimate of drug-likeness (QED) is 0.690. The van der Waals surface area contributed by atoms with Gasteiger partial charge in [0.25, 0.3) is 11.8 Å². The monoisotopic (exact) mass is 322 g/mol. The number of amides is 2. The number of esters is 1. The highest BCUT2D eigenvalue weighted by atomic mass is 16.5. The third-order valence-corrected chi connectivity index (χ3v) is 3.50. The summed E-state index contributed by atoms with van der Waals surface area (Å²) >= 11 is 0. The summed E-state index contributed by atoms with van der Waals surface area (Å²) in [6.07, 6.45) is 0.700. The number of hydrogen-bond acceptors (Lipinski definition) is 5. The van der Waals surface area contributed by atoms with Crippen molar-refractivity contribution >= 4 is 17.8 Å². The minimum absolute atomic E-state index is 0.0793. The van der Waals surface area contributed by atoms with E-state index in [1.807, 2.05) is 13.8 Å². The minimum atomic E-state index is -0.743. The van der Waals surface area contributed by atoms with Gasteiger partial charge in [-0.25, -0.2) is 4.79 Å². The smallest absolute Gasteiger partial charge is 0.328 e. The molecule has 1 rings (SSSR count). The zero-order valence-electron chi connectivity index (χ0n) is 13.5. The zero-order valence-corrected chi connectivity index (χ0v) is 13.5. The molecule has 0 aliphatic heterocycles. The largest absolute Gasteiger partial charge is 0.483 e. The van der Waals surface area contributed by atoms with Gasteiger partial charge in [0.2, 0.25) is 0 Å². The van der Waals surface area contributed by atoms with E-state index in [9.17, 15) is 14.4 Å². The maximum atomic E-state index is 12.0. The summed E-state index contributed by atoms with van der Waals surface area (Å²) in [7, 11) is 1.27. The Morgan fingerprint density at radius 2 is 1.91 bits per heavy atom. The van der Waals surface area contributed by atoms with Gasteiger partial charge in [-0.1, -0.05) is 32.4 Å². The molecule has 1 aromatic rings. The molecular formula is C16H22N2O5. The molecule has 0 spiro atoms. The Morgan fingerprint density at radius 1 is 1.26 bits per heavy atom. The topological polar surface area (TPSA) is 108 Å². The molecular weight excluding hydrogens is 300 g/mol. The predicted molar refractivity (Wildman–Crippen MR) is 83.9 cm³/mol. The van der Waals surface area contributed by atoms with Crippen molar-refractivity contribution in [3.8, 4) is 5.75 Å². The minimum Gasteiger partial charge on any atom is -0.483 e. The first-order valence-corrected chi connectivity index (χ1v) is 7.29. The van der Waals surface area contributed by atoms with Crippen molar-refractivity contribution < 1.29 is 23.9 Å². The van der Waals surface area contributed by atoms with Gasteiger partial charge < -0.3 is 20.5 Å². The van der Waals surface area contributed by atoms with Crippen LogP contribution in [0.5, 0.6) is 5.75 Å². The van der Waals surface area contributed by atoms with Crippen molar-refractivity contribution in [1.82, 2.24) is 5.32 Å². The lowest BCUT2D eigenvalue weighted by Gasteiger charge is -2.21. The van der Waals surface area contributed by atoms with Gasteiger partial charge in [-0.15, -0.1) is 0 Å². The van der Waals surface area contributed by atoms with E-state index in [0.717, 1.165) is 0 Å². The lowest BCUT2D eigenvalue weighted by Crippen LogP contribution is -2.47. The summed E-state index contributed by atoms with van der Waals surface area (Å²) in [5, 5.41) is 2.58. The average Bonchev–Trinajstić information content (AvgIpc) is 2.56. The number of carbonyl (C=O) groups is 3. The van der Waals surface area contributed by atoms with E-state index in [-0.39, 0.29) is 23.8 Å². The molecule has 0 radical (unpaired) electrons. The molecule has 0 bridgehead atoms. The van der Waals surface area contributed by atoms with Crippen LogP contribution in [0.1, 0.15) is 30.6 Å². The number of methoxy groups -OCH3 is 1. The molecule has 2 atom stereocenters. The van der Waals surface area contributed by atoms with Crippen LogP contribution in [0.2, 0.25) is 0 Å². The number of primary amides is 1. The molecule has 0 saturated carbocycles. The molecule has 0 unspecified atom stereocenters. The number of benzene rings is 1. The summed E-state index contributed by atoms with van der Waals surface area (Å²) in [6.45, 7) is 3.41. The Bertz CT molecular complexity index is 573. The molecule has 0 fully saturated rings. The third kappa shape index (κ3) is 5.28. The van der Waals surface area contributed by atoms with Crippen molar-refractivity contribution in [1.29, 1.82) is 0 Å². The number of nitrogens with two attached hydrogens (primary N) is 1. The molecule has 0 saturated heterocycles. The molecule has 126 valence electrons. The summed E-state index contributed by atoms with van der Waals surface area (Å²) in [5.41, 5.74) is 5.42. The Morgan fingerprint density at radius 3 is 2.48 bits per heavy atom. The van der Waals surface area contributed by atoms with Crippen LogP contribution >= 0.6 is 0 Å². The van der Waals surface area contributed by atoms with Crippen LogP contribution in [-0.2, 0) is 14.3 Å². The molecule has 0 aliphatic carbocycles. The highest BCUT2D eigenvalue weighted by Gasteiger charge is 2.26. The fourth-order valence-corrected chi connectivity index (χ4v) is 1.95. The van der Waals surface area contributed by atoms with Crippen LogP contribution in [0.15, 0.2) is 24.3 Å². The lowest BCUT2D eigenvalue weighted by atomic mass is 9.99. The number of ether oxygens (including phenoxy) is 2. The summed E-state index contributed by atoms with van der Waals surface area (Å²) < 4.78 is 10.0. The van der Waals surface area contributed by atoms with Crippen LogP contribution < -0.4 is 15.8 Å². The van der Waals surface area contributed by atoms with Gasteiger partial charge in [-0.05, 0) is 18.1 Å². The summed E-state index contributed by atoms with van der Waals surface area (Å²) in [6, 6.07) is 5.61. The predicted octanol–water partition coefficient (Wildman–Crippen LogP) is 0.868. The van der Waals surface area contributed by atoms with Gasteiger partial charge >= 0.3 is 5.97 Å². The van der Waals surface area contributed by atoms with E-state index in [1.54, 1.807) is 18.2 Å². The number of rotatable bonds is 8. The van der Waals surface area contributed by atoms with Crippen molar-refractivity contribution in [3.63, 3.8) is 0 Å². The maximum Gasteiger partial charge on any atom is 0.328 e. The second kappa shape index (κ2) is 8.77. The SMILES string of the molecule is CC[C@@H](C)[C@@H](NC(=O)COc1ccccc1C(N)=O)C(=O)OC. The molecule has 7 nitrogen and oxygen atoms in total. The van der Waals surface area contributed by atoms with Gasteiger partial charge in [-0.2, -0.15) is 0 Å². The lowest BCUT2D eigenvalue weighted by molar-refractivity contribution is -0.146. The Balaban J connectivity index is 2.69. The second-order valence-corrected chi connectivity index (χ2v) is 5.10. The van der Waals surface area contributed by atoms with Crippen molar-refractivity contribution in [2.24, 2.45) is 11.7 Å². The summed E-state index contributed by atoms with van der Waals surface area (Å²) in [4.78, 5) is 35.0. The van der Waals surface area contributed by atoms with Gasteiger partial charge in [0, 0.05) is 0 Å². The van der Waals surface area contributed by atoms with Crippen LogP contribution in [0.25, 0.3) is 0 Å². The molecule has 0 aromatic heterocycles. The normalized spacial score (nSPS) is 12.8.